The van der Waals surface area contributed by atoms with E-state index in [2.05, 4.69) is 5.32 Å². The lowest BCUT2D eigenvalue weighted by molar-refractivity contribution is 0.0952. The summed E-state index contributed by atoms with van der Waals surface area (Å²) in [6.45, 7) is 1.07. The zero-order chi connectivity index (χ0) is 14.6. The van der Waals surface area contributed by atoms with Crippen molar-refractivity contribution in [2.24, 2.45) is 0 Å². The second-order valence-corrected chi connectivity index (χ2v) is 6.75. The Kier molecular flexibility index (Phi) is 4.72. The molecule has 7 heteroatoms. The van der Waals surface area contributed by atoms with Gasteiger partial charge in [-0.2, -0.15) is 0 Å². The van der Waals surface area contributed by atoms with E-state index in [0.717, 1.165) is 12.8 Å². The number of nitrogens with zero attached hydrogens (tertiary/aromatic N) is 1. The van der Waals surface area contributed by atoms with Gasteiger partial charge in [-0.15, -0.1) is 0 Å². The zero-order valence-electron chi connectivity index (χ0n) is 11.0. The number of halogens is 1. The molecule has 0 bridgehead atoms. The Morgan fingerprint density at radius 2 is 1.90 bits per heavy atom. The van der Waals surface area contributed by atoms with Gasteiger partial charge < -0.3 is 5.32 Å². The fourth-order valence-corrected chi connectivity index (χ4v) is 3.56. The molecular formula is C13H17FN2O3S. The molecule has 1 aromatic rings. The second kappa shape index (κ2) is 6.32. The van der Waals surface area contributed by atoms with Crippen LogP contribution in [0.15, 0.2) is 24.3 Å². The quantitative estimate of drug-likeness (QED) is 0.881. The predicted octanol–water partition coefficient (Wildman–Crippen LogP) is 0.981. The third-order valence-corrected chi connectivity index (χ3v) is 5.09. The third-order valence-electron chi connectivity index (χ3n) is 3.22. The Balaban J connectivity index is 1.87. The van der Waals surface area contributed by atoms with Crippen LogP contribution in [0.5, 0.6) is 0 Å². The number of amides is 1. The summed E-state index contributed by atoms with van der Waals surface area (Å²) < 4.78 is 38.6. The van der Waals surface area contributed by atoms with Crippen LogP contribution in [-0.2, 0) is 10.0 Å². The molecule has 1 saturated heterocycles. The number of rotatable bonds is 5. The van der Waals surface area contributed by atoms with Crippen LogP contribution >= 0.6 is 0 Å². The monoisotopic (exact) mass is 300 g/mol. The lowest BCUT2D eigenvalue weighted by atomic mass is 10.2. The van der Waals surface area contributed by atoms with Crippen molar-refractivity contribution in [2.45, 2.75) is 12.8 Å². The average molecular weight is 300 g/mol. The molecule has 1 aromatic carbocycles. The van der Waals surface area contributed by atoms with Crippen LogP contribution in [-0.4, -0.2) is 44.0 Å². The Morgan fingerprint density at radius 3 is 2.55 bits per heavy atom. The van der Waals surface area contributed by atoms with Crippen molar-refractivity contribution in [3.8, 4) is 0 Å². The van der Waals surface area contributed by atoms with Crippen LogP contribution in [0.1, 0.15) is 23.2 Å². The number of nitrogens with one attached hydrogen (secondary N) is 1. The molecule has 1 heterocycles. The molecule has 20 heavy (non-hydrogen) atoms. The van der Waals surface area contributed by atoms with E-state index >= 15 is 0 Å². The van der Waals surface area contributed by atoms with Crippen molar-refractivity contribution in [1.82, 2.24) is 9.62 Å². The minimum Gasteiger partial charge on any atom is -0.351 e. The highest BCUT2D eigenvalue weighted by molar-refractivity contribution is 7.89. The number of hydrogen-bond acceptors (Lipinski definition) is 3. The summed E-state index contributed by atoms with van der Waals surface area (Å²) in [4.78, 5) is 11.7. The van der Waals surface area contributed by atoms with E-state index in [0.29, 0.717) is 13.1 Å². The van der Waals surface area contributed by atoms with Gasteiger partial charge in [0.2, 0.25) is 10.0 Å². The van der Waals surface area contributed by atoms with Crippen LogP contribution in [0.4, 0.5) is 4.39 Å². The molecule has 0 aromatic heterocycles. The van der Waals surface area contributed by atoms with Crippen molar-refractivity contribution in [3.05, 3.63) is 35.6 Å². The van der Waals surface area contributed by atoms with Crippen LogP contribution in [0.3, 0.4) is 0 Å². The van der Waals surface area contributed by atoms with Crippen molar-refractivity contribution in [3.63, 3.8) is 0 Å². The summed E-state index contributed by atoms with van der Waals surface area (Å²) in [5.74, 6) is -1.38. The maximum atomic E-state index is 13.4. The average Bonchev–Trinajstić information content (AvgIpc) is 2.93. The molecule has 0 saturated carbocycles. The van der Waals surface area contributed by atoms with E-state index in [1.165, 1.54) is 22.5 Å². The maximum Gasteiger partial charge on any atom is 0.254 e. The predicted molar refractivity (Wildman–Crippen MR) is 73.3 cm³/mol. The first-order valence-electron chi connectivity index (χ1n) is 6.51. The Morgan fingerprint density at radius 1 is 1.25 bits per heavy atom. The third kappa shape index (κ3) is 3.55. The van der Waals surface area contributed by atoms with Crippen molar-refractivity contribution in [2.75, 3.05) is 25.4 Å². The second-order valence-electron chi connectivity index (χ2n) is 4.66. The Bertz CT molecular complexity index is 583. The van der Waals surface area contributed by atoms with E-state index in [1.54, 1.807) is 6.07 Å². The highest BCUT2D eigenvalue weighted by atomic mass is 32.2. The van der Waals surface area contributed by atoms with Gasteiger partial charge in [-0.1, -0.05) is 12.1 Å². The van der Waals surface area contributed by atoms with Crippen LogP contribution in [0.25, 0.3) is 0 Å². The van der Waals surface area contributed by atoms with Gasteiger partial charge in [0, 0.05) is 19.6 Å². The minimum atomic E-state index is -3.32. The highest BCUT2D eigenvalue weighted by Crippen LogP contribution is 2.12. The molecule has 0 radical (unpaired) electrons. The smallest absolute Gasteiger partial charge is 0.254 e. The number of hydrogen-bond donors (Lipinski definition) is 1. The summed E-state index contributed by atoms with van der Waals surface area (Å²) in [6, 6.07) is 5.60. The first kappa shape index (κ1) is 14.9. The number of sulfonamides is 1. The molecular weight excluding hydrogens is 283 g/mol. The van der Waals surface area contributed by atoms with Gasteiger partial charge in [0.15, 0.2) is 0 Å². The molecule has 1 fully saturated rings. The SMILES string of the molecule is O=C(NCCS(=O)(=O)N1CCCC1)c1ccccc1F. The van der Waals surface area contributed by atoms with E-state index in [4.69, 9.17) is 0 Å². The van der Waals surface area contributed by atoms with E-state index in [-0.39, 0.29) is 17.9 Å². The Hall–Kier alpha value is -1.47. The minimum absolute atomic E-state index is 0.0218. The summed E-state index contributed by atoms with van der Waals surface area (Å²) in [5, 5.41) is 2.43. The molecule has 0 atom stereocenters. The van der Waals surface area contributed by atoms with Crippen LogP contribution in [0.2, 0.25) is 0 Å². The summed E-state index contributed by atoms with van der Waals surface area (Å²) in [6.07, 6.45) is 1.75. The van der Waals surface area contributed by atoms with Crippen LogP contribution in [0, 0.1) is 5.82 Å². The van der Waals surface area contributed by atoms with Gasteiger partial charge >= 0.3 is 0 Å². The maximum absolute atomic E-state index is 13.4. The summed E-state index contributed by atoms with van der Waals surface area (Å²) >= 11 is 0. The molecule has 5 nitrogen and oxygen atoms in total. The number of carbonyl (C=O) groups excluding carboxylic acids is 1. The fourth-order valence-electron chi connectivity index (χ4n) is 2.13. The van der Waals surface area contributed by atoms with Gasteiger partial charge in [-0.3, -0.25) is 4.79 Å². The fraction of sp³-hybridized carbons (Fsp3) is 0.462. The first-order valence-corrected chi connectivity index (χ1v) is 8.12. The lowest BCUT2D eigenvalue weighted by Crippen LogP contribution is -2.36. The molecule has 1 aliphatic heterocycles. The van der Waals surface area contributed by atoms with E-state index in [9.17, 15) is 17.6 Å². The molecule has 1 aliphatic rings. The van der Waals surface area contributed by atoms with Crippen molar-refractivity contribution < 1.29 is 17.6 Å². The normalized spacial score (nSPS) is 16.2. The molecule has 0 unspecified atom stereocenters. The lowest BCUT2D eigenvalue weighted by Gasteiger charge is -2.15. The summed E-state index contributed by atoms with van der Waals surface area (Å²) in [5.41, 5.74) is -0.0777. The Labute approximate surface area is 117 Å². The molecule has 0 spiro atoms. The van der Waals surface area contributed by atoms with Gasteiger partial charge in [0.25, 0.3) is 5.91 Å². The van der Waals surface area contributed by atoms with E-state index in [1.807, 2.05) is 0 Å². The summed E-state index contributed by atoms with van der Waals surface area (Å²) in [7, 11) is -3.32. The standard InChI is InChI=1S/C13H17FN2O3S/c14-12-6-2-1-5-11(12)13(17)15-7-10-20(18,19)16-8-3-4-9-16/h1-2,5-6H,3-4,7-10H2,(H,15,17). The molecule has 2 rings (SSSR count). The van der Waals surface area contributed by atoms with Gasteiger partial charge in [0.1, 0.15) is 5.82 Å². The van der Waals surface area contributed by atoms with Crippen molar-refractivity contribution >= 4 is 15.9 Å². The largest absolute Gasteiger partial charge is 0.351 e. The molecule has 0 aliphatic carbocycles. The first-order chi connectivity index (χ1) is 9.50. The van der Waals surface area contributed by atoms with Gasteiger partial charge in [0.05, 0.1) is 11.3 Å². The topological polar surface area (TPSA) is 66.5 Å². The van der Waals surface area contributed by atoms with Gasteiger partial charge in [-0.05, 0) is 25.0 Å². The number of benzene rings is 1. The molecule has 1 amide bonds. The van der Waals surface area contributed by atoms with Crippen molar-refractivity contribution in [1.29, 1.82) is 0 Å². The molecule has 110 valence electrons. The van der Waals surface area contributed by atoms with Crippen LogP contribution < -0.4 is 5.32 Å². The van der Waals surface area contributed by atoms with E-state index < -0.39 is 21.7 Å². The zero-order valence-corrected chi connectivity index (χ0v) is 11.8. The number of carbonyl (C=O) groups is 1. The highest BCUT2D eigenvalue weighted by Gasteiger charge is 2.25. The van der Waals surface area contributed by atoms with Gasteiger partial charge in [-0.25, -0.2) is 17.1 Å². The molecule has 1 N–H and O–H groups in total.